The summed E-state index contributed by atoms with van der Waals surface area (Å²) in [6.07, 6.45) is 1.54. The maximum absolute atomic E-state index is 12.8. The summed E-state index contributed by atoms with van der Waals surface area (Å²) >= 11 is 0.786. The molecule has 1 heterocycles. The molecule has 2 aromatic carbocycles. The minimum absolute atomic E-state index is 0.0627. The van der Waals surface area contributed by atoms with Crippen molar-refractivity contribution in [2.24, 2.45) is 0 Å². The van der Waals surface area contributed by atoms with Gasteiger partial charge in [-0.25, -0.2) is 0 Å². The normalized spacial score (nSPS) is 14.9. The molecule has 0 spiro atoms. The maximum Gasteiger partial charge on any atom is 0.293 e. The van der Waals surface area contributed by atoms with E-state index >= 15 is 0 Å². The second-order valence-corrected chi connectivity index (χ2v) is 7.11. The van der Waals surface area contributed by atoms with Crippen LogP contribution in [0.5, 0.6) is 17.2 Å². The first kappa shape index (κ1) is 21.2. The highest BCUT2D eigenvalue weighted by atomic mass is 32.2. The summed E-state index contributed by atoms with van der Waals surface area (Å²) < 4.78 is 16.0. The van der Waals surface area contributed by atoms with Crippen molar-refractivity contribution in [3.8, 4) is 17.2 Å². The molecule has 2 amide bonds. The summed E-state index contributed by atoms with van der Waals surface area (Å²) in [5.41, 5.74) is 0.914. The van der Waals surface area contributed by atoms with Crippen LogP contribution in [0.1, 0.15) is 11.1 Å². The fourth-order valence-electron chi connectivity index (χ4n) is 2.97. The fourth-order valence-corrected chi connectivity index (χ4v) is 3.80. The molecule has 1 saturated heterocycles. The van der Waals surface area contributed by atoms with Crippen molar-refractivity contribution in [3.63, 3.8) is 0 Å². The number of nitro groups is 1. The number of hydrogen-bond donors (Lipinski definition) is 0. The van der Waals surface area contributed by atoms with Crippen LogP contribution in [0.3, 0.4) is 0 Å². The molecule has 0 radical (unpaired) electrons. The van der Waals surface area contributed by atoms with Crippen LogP contribution in [0, 0.1) is 10.1 Å². The van der Waals surface area contributed by atoms with Gasteiger partial charge in [-0.2, -0.15) is 0 Å². The Morgan fingerprint density at radius 1 is 1.07 bits per heavy atom. The highest BCUT2D eigenvalue weighted by Gasteiger charge is 2.35. The average Bonchev–Trinajstić information content (AvgIpc) is 3.00. The van der Waals surface area contributed by atoms with Gasteiger partial charge in [0.25, 0.3) is 16.8 Å². The van der Waals surface area contributed by atoms with E-state index < -0.39 is 16.1 Å². The molecule has 10 heteroatoms. The molecule has 0 bridgehead atoms. The van der Waals surface area contributed by atoms with E-state index in [0.717, 1.165) is 16.7 Å². The van der Waals surface area contributed by atoms with Gasteiger partial charge >= 0.3 is 0 Å². The van der Waals surface area contributed by atoms with E-state index in [-0.39, 0.29) is 17.1 Å². The van der Waals surface area contributed by atoms with Crippen LogP contribution in [0.15, 0.2) is 41.3 Å². The molecule has 0 unspecified atom stereocenters. The number of thioether (sulfide) groups is 1. The zero-order chi connectivity index (χ0) is 21.8. The molecule has 3 rings (SSSR count). The first-order chi connectivity index (χ1) is 14.4. The first-order valence-electron chi connectivity index (χ1n) is 8.67. The second-order valence-electron chi connectivity index (χ2n) is 6.12. The zero-order valence-corrected chi connectivity index (χ0v) is 17.2. The van der Waals surface area contributed by atoms with E-state index in [4.69, 9.17) is 14.2 Å². The lowest BCUT2D eigenvalue weighted by atomic mass is 10.1. The predicted molar refractivity (Wildman–Crippen MR) is 111 cm³/mol. The fraction of sp³-hybridized carbons (Fsp3) is 0.200. The minimum atomic E-state index is -0.527. The lowest BCUT2D eigenvalue weighted by molar-refractivity contribution is -0.384. The minimum Gasteiger partial charge on any atom is -0.493 e. The number of hydrogen-bond acceptors (Lipinski definition) is 8. The monoisotopic (exact) mass is 430 g/mol. The number of nitrogens with zero attached hydrogens (tertiary/aromatic N) is 2. The molecule has 0 aromatic heterocycles. The van der Waals surface area contributed by atoms with Gasteiger partial charge < -0.3 is 14.2 Å². The standard InChI is InChI=1S/C20H18N2O7S/c1-27-15-8-7-13(17(28-2)18(15)29-3)10-16-19(23)21(20(24)30-16)11-12-5-4-6-14(9-12)22(25)26/h4-10H,11H2,1-3H3. The molecule has 0 saturated carbocycles. The largest absolute Gasteiger partial charge is 0.493 e. The van der Waals surface area contributed by atoms with E-state index in [1.54, 1.807) is 24.3 Å². The maximum atomic E-state index is 12.8. The van der Waals surface area contributed by atoms with Crippen molar-refractivity contribution < 1.29 is 28.7 Å². The van der Waals surface area contributed by atoms with Gasteiger partial charge in [-0.05, 0) is 35.5 Å². The van der Waals surface area contributed by atoms with Crippen molar-refractivity contribution >= 4 is 34.7 Å². The smallest absolute Gasteiger partial charge is 0.293 e. The summed E-state index contributed by atoms with van der Waals surface area (Å²) in [4.78, 5) is 36.9. The van der Waals surface area contributed by atoms with E-state index in [9.17, 15) is 19.7 Å². The SMILES string of the molecule is COc1ccc(C=C2SC(=O)N(Cc3cccc([N+](=O)[O-])c3)C2=O)c(OC)c1OC. The summed E-state index contributed by atoms with van der Waals surface area (Å²) in [6, 6.07) is 9.17. The number of rotatable bonds is 7. The molecule has 2 aromatic rings. The third-order valence-electron chi connectivity index (χ3n) is 4.36. The van der Waals surface area contributed by atoms with Crippen LogP contribution in [0.4, 0.5) is 10.5 Å². The number of carbonyl (C=O) groups excluding carboxylic acids is 2. The first-order valence-corrected chi connectivity index (χ1v) is 9.49. The van der Waals surface area contributed by atoms with Crippen molar-refractivity contribution in [2.45, 2.75) is 6.54 Å². The Morgan fingerprint density at radius 3 is 2.43 bits per heavy atom. The van der Waals surface area contributed by atoms with Crippen LogP contribution in [-0.4, -0.2) is 42.3 Å². The second kappa shape index (κ2) is 8.87. The number of carbonyl (C=O) groups is 2. The molecule has 0 aliphatic carbocycles. The average molecular weight is 430 g/mol. The summed E-state index contributed by atoms with van der Waals surface area (Å²) in [5.74, 6) is 0.700. The molecular formula is C20H18N2O7S. The van der Waals surface area contributed by atoms with Gasteiger partial charge in [0.05, 0.1) is 37.7 Å². The Labute approximate surface area is 176 Å². The number of ether oxygens (including phenoxy) is 3. The number of nitro benzene ring substituents is 1. The molecule has 1 aliphatic heterocycles. The van der Waals surface area contributed by atoms with Gasteiger partial charge in [0.1, 0.15) is 0 Å². The van der Waals surface area contributed by atoms with Gasteiger partial charge in [0.2, 0.25) is 5.75 Å². The van der Waals surface area contributed by atoms with Crippen molar-refractivity contribution in [1.29, 1.82) is 0 Å². The molecule has 1 fully saturated rings. The summed E-state index contributed by atoms with van der Waals surface area (Å²) in [5, 5.41) is 10.5. The van der Waals surface area contributed by atoms with E-state index in [2.05, 4.69) is 0 Å². The molecule has 1 aliphatic rings. The molecule has 156 valence electrons. The van der Waals surface area contributed by atoms with Gasteiger partial charge in [-0.15, -0.1) is 0 Å². The summed E-state index contributed by atoms with van der Waals surface area (Å²) in [6.45, 7) is -0.0627. The lowest BCUT2D eigenvalue weighted by Crippen LogP contribution is -2.27. The third kappa shape index (κ3) is 4.08. The highest BCUT2D eigenvalue weighted by Crippen LogP contribution is 2.42. The number of benzene rings is 2. The van der Waals surface area contributed by atoms with Crippen LogP contribution >= 0.6 is 11.8 Å². The van der Waals surface area contributed by atoms with Gasteiger partial charge in [-0.1, -0.05) is 12.1 Å². The van der Waals surface area contributed by atoms with Crippen molar-refractivity contribution in [3.05, 3.63) is 62.5 Å². The third-order valence-corrected chi connectivity index (χ3v) is 5.26. The lowest BCUT2D eigenvalue weighted by Gasteiger charge is -2.14. The van der Waals surface area contributed by atoms with Crippen molar-refractivity contribution in [2.75, 3.05) is 21.3 Å². The highest BCUT2D eigenvalue weighted by molar-refractivity contribution is 8.18. The quantitative estimate of drug-likeness (QED) is 0.370. The number of amides is 2. The van der Waals surface area contributed by atoms with E-state index in [1.165, 1.54) is 39.5 Å². The topological polar surface area (TPSA) is 108 Å². The Hall–Kier alpha value is -3.53. The van der Waals surface area contributed by atoms with E-state index in [0.29, 0.717) is 28.4 Å². The molecule has 30 heavy (non-hydrogen) atoms. The number of imide groups is 1. The number of non-ortho nitro benzene ring substituents is 1. The van der Waals surface area contributed by atoms with Gasteiger partial charge in [0, 0.05) is 17.7 Å². The molecule has 9 nitrogen and oxygen atoms in total. The van der Waals surface area contributed by atoms with Crippen LogP contribution in [-0.2, 0) is 11.3 Å². The Morgan fingerprint density at radius 2 is 1.80 bits per heavy atom. The Balaban J connectivity index is 1.90. The van der Waals surface area contributed by atoms with Crippen LogP contribution in [0.2, 0.25) is 0 Å². The predicted octanol–water partition coefficient (Wildman–Crippen LogP) is 3.86. The van der Waals surface area contributed by atoms with Gasteiger partial charge in [-0.3, -0.25) is 24.6 Å². The van der Waals surface area contributed by atoms with Crippen molar-refractivity contribution in [1.82, 2.24) is 4.90 Å². The summed E-state index contributed by atoms with van der Waals surface area (Å²) in [7, 11) is 4.43. The molecule has 0 N–H and O–H groups in total. The Kier molecular flexibility index (Phi) is 6.26. The molecule has 0 atom stereocenters. The van der Waals surface area contributed by atoms with E-state index in [1.807, 2.05) is 0 Å². The van der Waals surface area contributed by atoms with Crippen LogP contribution < -0.4 is 14.2 Å². The van der Waals surface area contributed by atoms with Gasteiger partial charge in [0.15, 0.2) is 11.5 Å². The molecular weight excluding hydrogens is 412 g/mol. The number of methoxy groups -OCH3 is 3. The Bertz CT molecular complexity index is 1050. The zero-order valence-electron chi connectivity index (χ0n) is 16.4. The van der Waals surface area contributed by atoms with Crippen LogP contribution in [0.25, 0.3) is 6.08 Å².